The SMILES string of the molecule is Cc1cc(NC(=O)C(=O)NCc2ccc(F)cc2)n(C2=NC(=O)C3CCCCC3=N2)n1. The molecule has 160 valence electrons. The summed E-state index contributed by atoms with van der Waals surface area (Å²) in [7, 11) is 0. The van der Waals surface area contributed by atoms with Crippen LogP contribution < -0.4 is 10.6 Å². The van der Waals surface area contributed by atoms with E-state index in [9.17, 15) is 18.8 Å². The number of carbonyl (C=O) groups is 3. The fourth-order valence-electron chi connectivity index (χ4n) is 3.60. The van der Waals surface area contributed by atoms with Crippen LogP contribution in [-0.4, -0.2) is 39.2 Å². The maximum Gasteiger partial charge on any atom is 0.314 e. The van der Waals surface area contributed by atoms with Crippen LogP contribution >= 0.6 is 0 Å². The number of fused-ring (bicyclic) bond motifs is 1. The van der Waals surface area contributed by atoms with Crippen molar-refractivity contribution in [2.24, 2.45) is 15.9 Å². The van der Waals surface area contributed by atoms with Gasteiger partial charge in [0.25, 0.3) is 11.9 Å². The highest BCUT2D eigenvalue weighted by Crippen LogP contribution is 2.26. The number of benzene rings is 1. The maximum absolute atomic E-state index is 13.0. The number of aliphatic imine (C=N–C) groups is 2. The van der Waals surface area contributed by atoms with Gasteiger partial charge in [-0.15, -0.1) is 0 Å². The second kappa shape index (κ2) is 8.58. The predicted molar refractivity (Wildman–Crippen MR) is 111 cm³/mol. The number of rotatable bonds is 3. The van der Waals surface area contributed by atoms with Crippen LogP contribution in [-0.2, 0) is 20.9 Å². The number of halogens is 1. The van der Waals surface area contributed by atoms with Crippen LogP contribution in [0.4, 0.5) is 10.2 Å². The summed E-state index contributed by atoms with van der Waals surface area (Å²) in [5.74, 6) is -2.43. The van der Waals surface area contributed by atoms with Crippen LogP contribution in [0.1, 0.15) is 36.9 Å². The van der Waals surface area contributed by atoms with Crippen LogP contribution in [0.3, 0.4) is 0 Å². The van der Waals surface area contributed by atoms with E-state index < -0.39 is 11.8 Å². The molecule has 0 bridgehead atoms. The maximum atomic E-state index is 13.0. The number of amides is 3. The van der Waals surface area contributed by atoms with Crippen molar-refractivity contribution < 1.29 is 18.8 Å². The second-order valence-corrected chi connectivity index (χ2v) is 7.50. The summed E-state index contributed by atoms with van der Waals surface area (Å²) in [6.07, 6.45) is 3.40. The van der Waals surface area contributed by atoms with Crippen LogP contribution in [0.25, 0.3) is 0 Å². The topological polar surface area (TPSA) is 118 Å². The zero-order chi connectivity index (χ0) is 22.0. The molecule has 1 saturated carbocycles. The van der Waals surface area contributed by atoms with Gasteiger partial charge in [0.15, 0.2) is 0 Å². The van der Waals surface area contributed by atoms with E-state index in [1.165, 1.54) is 28.9 Å². The molecule has 1 aliphatic heterocycles. The van der Waals surface area contributed by atoms with Crippen molar-refractivity contribution in [2.45, 2.75) is 39.2 Å². The molecule has 0 saturated heterocycles. The van der Waals surface area contributed by atoms with Gasteiger partial charge in [-0.25, -0.2) is 9.38 Å². The zero-order valence-corrected chi connectivity index (χ0v) is 16.9. The number of nitrogens with zero attached hydrogens (tertiary/aromatic N) is 4. The molecule has 1 fully saturated rings. The van der Waals surface area contributed by atoms with Gasteiger partial charge in [0.1, 0.15) is 11.6 Å². The smallest absolute Gasteiger partial charge is 0.314 e. The minimum atomic E-state index is -0.908. The number of nitrogens with one attached hydrogen (secondary N) is 2. The van der Waals surface area contributed by atoms with Crippen molar-refractivity contribution in [3.63, 3.8) is 0 Å². The summed E-state index contributed by atoms with van der Waals surface area (Å²) < 4.78 is 14.2. The third kappa shape index (κ3) is 4.57. The van der Waals surface area contributed by atoms with Gasteiger partial charge in [-0.05, 0) is 43.9 Å². The molecule has 9 nitrogen and oxygen atoms in total. The zero-order valence-electron chi connectivity index (χ0n) is 16.9. The minimum absolute atomic E-state index is 0.0705. The average molecular weight is 424 g/mol. The third-order valence-corrected chi connectivity index (χ3v) is 5.16. The Morgan fingerprint density at radius 3 is 2.71 bits per heavy atom. The van der Waals surface area contributed by atoms with Gasteiger partial charge in [-0.2, -0.15) is 14.8 Å². The van der Waals surface area contributed by atoms with Gasteiger partial charge in [0.2, 0.25) is 0 Å². The highest BCUT2D eigenvalue weighted by Gasteiger charge is 2.32. The van der Waals surface area contributed by atoms with Crippen LogP contribution in [0.5, 0.6) is 0 Å². The number of aryl methyl sites for hydroxylation is 1. The van der Waals surface area contributed by atoms with Gasteiger partial charge >= 0.3 is 11.8 Å². The number of anilines is 1. The lowest BCUT2D eigenvalue weighted by Gasteiger charge is -2.24. The number of hydrogen-bond donors (Lipinski definition) is 2. The Morgan fingerprint density at radius 2 is 1.94 bits per heavy atom. The molecule has 1 aromatic carbocycles. The molecule has 3 amide bonds. The lowest BCUT2D eigenvalue weighted by molar-refractivity contribution is -0.136. The Morgan fingerprint density at radius 1 is 1.16 bits per heavy atom. The van der Waals surface area contributed by atoms with E-state index in [2.05, 4.69) is 25.7 Å². The first-order valence-corrected chi connectivity index (χ1v) is 10.0. The first kappa shape index (κ1) is 20.6. The lowest BCUT2D eigenvalue weighted by atomic mass is 9.86. The van der Waals surface area contributed by atoms with Gasteiger partial charge in [0, 0.05) is 18.3 Å². The quantitative estimate of drug-likeness (QED) is 0.733. The summed E-state index contributed by atoms with van der Waals surface area (Å²) in [6.45, 7) is 1.78. The highest BCUT2D eigenvalue weighted by molar-refractivity contribution is 6.39. The number of hydrogen-bond acceptors (Lipinski definition) is 5. The number of carbonyl (C=O) groups excluding carboxylic acids is 3. The molecule has 2 aromatic rings. The molecule has 0 radical (unpaired) electrons. The second-order valence-electron chi connectivity index (χ2n) is 7.50. The molecular formula is C21H21FN6O3. The summed E-state index contributed by atoms with van der Waals surface area (Å²) in [5, 5.41) is 9.23. The molecule has 10 heteroatoms. The molecular weight excluding hydrogens is 403 g/mol. The van der Waals surface area contributed by atoms with E-state index >= 15 is 0 Å². The molecule has 1 atom stereocenters. The molecule has 2 N–H and O–H groups in total. The average Bonchev–Trinajstić information content (AvgIpc) is 3.13. The van der Waals surface area contributed by atoms with Crippen LogP contribution in [0.2, 0.25) is 0 Å². The fourth-order valence-corrected chi connectivity index (χ4v) is 3.60. The molecule has 4 rings (SSSR count). The summed E-state index contributed by atoms with van der Waals surface area (Å²) in [4.78, 5) is 45.5. The monoisotopic (exact) mass is 424 g/mol. The summed E-state index contributed by atoms with van der Waals surface area (Å²) in [6, 6.07) is 7.13. The van der Waals surface area contributed by atoms with E-state index in [-0.39, 0.29) is 36.0 Å². The normalized spacial score (nSPS) is 18.0. The largest absolute Gasteiger partial charge is 0.344 e. The van der Waals surface area contributed by atoms with E-state index in [1.54, 1.807) is 13.0 Å². The fraction of sp³-hybridized carbons (Fsp3) is 0.333. The van der Waals surface area contributed by atoms with E-state index in [4.69, 9.17) is 0 Å². The van der Waals surface area contributed by atoms with Crippen molar-refractivity contribution in [1.82, 2.24) is 15.1 Å². The lowest BCUT2D eigenvalue weighted by Crippen LogP contribution is -2.37. The van der Waals surface area contributed by atoms with Crippen LogP contribution in [0, 0.1) is 18.7 Å². The molecule has 1 aliphatic carbocycles. The van der Waals surface area contributed by atoms with Gasteiger partial charge in [-0.3, -0.25) is 14.4 Å². The van der Waals surface area contributed by atoms with Crippen molar-refractivity contribution in [3.8, 4) is 0 Å². The Balaban J connectivity index is 1.46. The summed E-state index contributed by atoms with van der Waals surface area (Å²) in [5.41, 5.74) is 1.99. The van der Waals surface area contributed by atoms with Crippen molar-refractivity contribution in [2.75, 3.05) is 5.32 Å². The van der Waals surface area contributed by atoms with Crippen LogP contribution in [0.15, 0.2) is 40.3 Å². The van der Waals surface area contributed by atoms with Gasteiger partial charge in [-0.1, -0.05) is 18.6 Å². The van der Waals surface area contributed by atoms with Crippen molar-refractivity contribution in [1.29, 1.82) is 0 Å². The molecule has 2 heterocycles. The van der Waals surface area contributed by atoms with E-state index in [1.807, 2.05) is 0 Å². The minimum Gasteiger partial charge on any atom is -0.344 e. The van der Waals surface area contributed by atoms with E-state index in [0.717, 1.165) is 31.4 Å². The molecule has 1 aromatic heterocycles. The predicted octanol–water partition coefficient (Wildman–Crippen LogP) is 1.96. The van der Waals surface area contributed by atoms with Gasteiger partial charge in [0.05, 0.1) is 11.6 Å². The molecule has 31 heavy (non-hydrogen) atoms. The Hall–Kier alpha value is -3.69. The van der Waals surface area contributed by atoms with Crippen molar-refractivity contribution >= 4 is 35.2 Å². The van der Waals surface area contributed by atoms with Gasteiger partial charge < -0.3 is 10.6 Å². The first-order chi connectivity index (χ1) is 14.9. The molecule has 0 spiro atoms. The third-order valence-electron chi connectivity index (χ3n) is 5.16. The number of aromatic nitrogens is 2. The Labute approximate surface area is 177 Å². The molecule has 2 aliphatic rings. The Kier molecular flexibility index (Phi) is 5.70. The van der Waals surface area contributed by atoms with E-state index in [0.29, 0.717) is 11.3 Å². The highest BCUT2D eigenvalue weighted by atomic mass is 19.1. The Bertz CT molecular complexity index is 1100. The molecule has 1 unspecified atom stereocenters. The van der Waals surface area contributed by atoms with Crippen molar-refractivity contribution in [3.05, 3.63) is 47.4 Å². The standard InChI is InChI=1S/C21H21FN6O3/c1-12-10-17(25-20(31)19(30)23-11-13-6-8-14(22)9-7-13)28(27-12)21-24-16-5-3-2-4-15(16)18(29)26-21/h6-10,15H,2-5,11H2,1H3,(H,23,30)(H,25,31). The summed E-state index contributed by atoms with van der Waals surface area (Å²) >= 11 is 0. The first-order valence-electron chi connectivity index (χ1n) is 10.0.